The number of hydrogen-bond donors (Lipinski definition) is 5. The largest absolute Gasteiger partial charge is 0.394 e. The maximum Gasteiger partial charge on any atom is 0.247 e. The molecule has 0 amide bonds. The Morgan fingerprint density at radius 3 is 2.47 bits per heavy atom. The van der Waals surface area contributed by atoms with Crippen LogP contribution in [-0.2, 0) is 4.74 Å². The van der Waals surface area contributed by atoms with Crippen molar-refractivity contribution in [1.29, 1.82) is 0 Å². The number of aliphatic hydroxyl groups is 3. The number of aromatic nitrogens is 4. The molecule has 2 aromatic heterocycles. The summed E-state index contributed by atoms with van der Waals surface area (Å²) in [7, 11) is 0. The second-order valence-corrected chi connectivity index (χ2v) is 7.84. The first-order chi connectivity index (χ1) is 16.5. The average molecular weight is 461 g/mol. The first-order valence-corrected chi connectivity index (χ1v) is 10.6. The van der Waals surface area contributed by atoms with Gasteiger partial charge in [0.15, 0.2) is 17.7 Å². The van der Waals surface area contributed by atoms with Gasteiger partial charge in [0.05, 0.1) is 19.1 Å². The topological polar surface area (TPSA) is 164 Å². The van der Waals surface area contributed by atoms with E-state index in [4.69, 9.17) is 10.5 Å². The summed E-state index contributed by atoms with van der Waals surface area (Å²) in [4.78, 5) is 12.7. The van der Waals surface area contributed by atoms with Crippen molar-refractivity contribution in [2.24, 2.45) is 5.10 Å². The minimum Gasteiger partial charge on any atom is -0.394 e. The number of benzene rings is 2. The molecular weight excluding hydrogens is 438 g/mol. The Kier molecular flexibility index (Phi) is 5.90. The second kappa shape index (κ2) is 9.15. The Morgan fingerprint density at radius 1 is 1.03 bits per heavy atom. The van der Waals surface area contributed by atoms with E-state index in [0.29, 0.717) is 5.52 Å². The summed E-state index contributed by atoms with van der Waals surface area (Å²) < 4.78 is 7.01. The summed E-state index contributed by atoms with van der Waals surface area (Å²) in [5.41, 5.74) is 12.5. The first kappa shape index (κ1) is 21.9. The number of nitrogens with zero attached hydrogens (tertiary/aromatic N) is 5. The Hall–Kier alpha value is -3.90. The van der Waals surface area contributed by atoms with Crippen LogP contribution >= 0.6 is 0 Å². The molecule has 0 radical (unpaired) electrons. The zero-order valence-electron chi connectivity index (χ0n) is 17.9. The van der Waals surface area contributed by atoms with Crippen LogP contribution in [0.1, 0.15) is 11.8 Å². The Morgan fingerprint density at radius 2 is 1.76 bits per heavy atom. The first-order valence-electron chi connectivity index (χ1n) is 10.6. The van der Waals surface area contributed by atoms with Gasteiger partial charge in [0.1, 0.15) is 23.8 Å². The third-order valence-corrected chi connectivity index (χ3v) is 5.64. The van der Waals surface area contributed by atoms with E-state index in [1.54, 1.807) is 6.21 Å². The highest BCUT2D eigenvalue weighted by Crippen LogP contribution is 2.32. The predicted molar refractivity (Wildman–Crippen MR) is 126 cm³/mol. The van der Waals surface area contributed by atoms with Crippen LogP contribution < -0.4 is 11.2 Å². The summed E-state index contributed by atoms with van der Waals surface area (Å²) in [6.07, 6.45) is -1.43. The quantitative estimate of drug-likeness (QED) is 0.209. The number of nitrogens with one attached hydrogen (secondary N) is 1. The lowest BCUT2D eigenvalue weighted by atomic mass is 10.0. The van der Waals surface area contributed by atoms with Gasteiger partial charge < -0.3 is 25.8 Å². The fourth-order valence-corrected chi connectivity index (χ4v) is 3.84. The molecule has 34 heavy (non-hydrogen) atoms. The van der Waals surface area contributed by atoms with Gasteiger partial charge in [-0.2, -0.15) is 15.1 Å². The molecule has 11 nitrogen and oxygen atoms in total. The standard InChI is InChI=1S/C23H23N7O4/c24-20-17-21(30(12-25-17)22-19(33)18(32)16(11-31)34-22)28-23(27-20)29-26-10-13-6-8-15(9-7-13)14-4-2-1-3-5-14/h1-10,12,16,18-19,22,31-33H,11H2,(H3,24,27,28,29)/b26-10+/t16-,18-,19-,22-/m1/s1. The molecule has 0 saturated carbocycles. The van der Waals surface area contributed by atoms with E-state index in [9.17, 15) is 15.3 Å². The number of hydrazone groups is 1. The van der Waals surface area contributed by atoms with Gasteiger partial charge in [0.2, 0.25) is 5.95 Å². The van der Waals surface area contributed by atoms with Crippen molar-refractivity contribution in [3.63, 3.8) is 0 Å². The number of fused-ring (bicyclic) bond motifs is 1. The number of rotatable bonds is 6. The molecule has 4 atom stereocenters. The van der Waals surface area contributed by atoms with Crippen molar-refractivity contribution < 1.29 is 20.1 Å². The number of nitrogen functional groups attached to an aromatic ring is 1. The summed E-state index contributed by atoms with van der Waals surface area (Å²) in [6.45, 7) is -0.438. The fraction of sp³-hybridized carbons (Fsp3) is 0.217. The number of hydrogen-bond acceptors (Lipinski definition) is 10. The van der Waals surface area contributed by atoms with Gasteiger partial charge in [0.25, 0.3) is 0 Å². The normalized spacial score (nSPS) is 22.6. The predicted octanol–water partition coefficient (Wildman–Crippen LogP) is 1.13. The molecule has 0 bridgehead atoms. The molecule has 3 heterocycles. The molecule has 5 rings (SSSR count). The van der Waals surface area contributed by atoms with Crippen molar-refractivity contribution in [1.82, 2.24) is 19.5 Å². The van der Waals surface area contributed by atoms with Crippen molar-refractivity contribution in [3.05, 3.63) is 66.5 Å². The number of aliphatic hydroxyl groups excluding tert-OH is 3. The molecule has 1 saturated heterocycles. The molecule has 0 spiro atoms. The highest BCUT2D eigenvalue weighted by molar-refractivity contribution is 5.84. The van der Waals surface area contributed by atoms with Gasteiger partial charge in [-0.05, 0) is 16.7 Å². The third-order valence-electron chi connectivity index (χ3n) is 5.64. The van der Waals surface area contributed by atoms with Gasteiger partial charge in [0, 0.05) is 0 Å². The number of ether oxygens (including phenoxy) is 1. The number of nitrogens with two attached hydrogens (primary N) is 1. The van der Waals surface area contributed by atoms with E-state index in [-0.39, 0.29) is 17.4 Å². The number of imidazole rings is 1. The molecule has 174 valence electrons. The summed E-state index contributed by atoms with van der Waals surface area (Å²) in [5.74, 6) is 0.232. The van der Waals surface area contributed by atoms with E-state index in [1.807, 2.05) is 54.6 Å². The molecule has 0 aliphatic carbocycles. The zero-order valence-corrected chi connectivity index (χ0v) is 17.9. The zero-order chi connectivity index (χ0) is 23.7. The molecule has 1 aliphatic rings. The molecular formula is C23H23N7O4. The average Bonchev–Trinajstić information content (AvgIpc) is 3.41. The highest BCUT2D eigenvalue weighted by Gasteiger charge is 2.44. The van der Waals surface area contributed by atoms with Crippen molar-refractivity contribution in [2.75, 3.05) is 17.8 Å². The fourth-order valence-electron chi connectivity index (χ4n) is 3.84. The van der Waals surface area contributed by atoms with Crippen molar-refractivity contribution >= 4 is 29.1 Å². The van der Waals surface area contributed by atoms with Gasteiger partial charge in [-0.1, -0.05) is 54.6 Å². The van der Waals surface area contributed by atoms with Gasteiger partial charge in [-0.3, -0.25) is 4.57 Å². The molecule has 1 fully saturated rings. The minimum atomic E-state index is -1.28. The van der Waals surface area contributed by atoms with Gasteiger partial charge in [-0.15, -0.1) is 0 Å². The van der Waals surface area contributed by atoms with E-state index >= 15 is 0 Å². The van der Waals surface area contributed by atoms with Crippen LogP contribution in [0.15, 0.2) is 66.0 Å². The van der Waals surface area contributed by atoms with Gasteiger partial charge >= 0.3 is 0 Å². The molecule has 0 unspecified atom stereocenters. The third kappa shape index (κ3) is 4.08. The lowest BCUT2D eigenvalue weighted by Gasteiger charge is -2.16. The maximum atomic E-state index is 10.3. The van der Waals surface area contributed by atoms with E-state index in [1.165, 1.54) is 10.9 Å². The van der Waals surface area contributed by atoms with Crippen LogP contribution in [0.25, 0.3) is 22.3 Å². The summed E-state index contributed by atoms with van der Waals surface area (Å²) in [5, 5.41) is 33.9. The van der Waals surface area contributed by atoms with Crippen LogP contribution in [0, 0.1) is 0 Å². The monoisotopic (exact) mass is 461 g/mol. The van der Waals surface area contributed by atoms with Crippen molar-refractivity contribution in [3.8, 4) is 11.1 Å². The Bertz CT molecular complexity index is 1310. The maximum absolute atomic E-state index is 10.3. The van der Waals surface area contributed by atoms with Crippen LogP contribution in [0.4, 0.5) is 11.8 Å². The Balaban J connectivity index is 1.34. The van der Waals surface area contributed by atoms with E-state index in [2.05, 4.69) is 25.5 Å². The van der Waals surface area contributed by atoms with Crippen molar-refractivity contribution in [2.45, 2.75) is 24.5 Å². The van der Waals surface area contributed by atoms with E-state index < -0.39 is 31.1 Å². The molecule has 1 aliphatic heterocycles. The lowest BCUT2D eigenvalue weighted by Crippen LogP contribution is -2.33. The van der Waals surface area contributed by atoms with E-state index in [0.717, 1.165) is 16.7 Å². The number of anilines is 2. The van der Waals surface area contributed by atoms with Crippen LogP contribution in [0.3, 0.4) is 0 Å². The summed E-state index contributed by atoms with van der Waals surface area (Å²) >= 11 is 0. The van der Waals surface area contributed by atoms with Gasteiger partial charge in [-0.25, -0.2) is 10.4 Å². The summed E-state index contributed by atoms with van der Waals surface area (Å²) in [6, 6.07) is 18.0. The highest BCUT2D eigenvalue weighted by atomic mass is 16.6. The SMILES string of the molecule is Nc1nc(N/N=C/c2ccc(-c3ccccc3)cc2)nc2c1ncn2[C@@H]1O[C@H](CO)[C@@H](O)[C@H]1O. The lowest BCUT2D eigenvalue weighted by molar-refractivity contribution is -0.0511. The second-order valence-electron chi connectivity index (χ2n) is 7.84. The smallest absolute Gasteiger partial charge is 0.247 e. The molecule has 6 N–H and O–H groups in total. The van der Waals surface area contributed by atoms with Crippen LogP contribution in [0.2, 0.25) is 0 Å². The van der Waals surface area contributed by atoms with Crippen LogP contribution in [-0.4, -0.2) is 66.0 Å². The molecule has 11 heteroatoms. The van der Waals surface area contributed by atoms with Crippen LogP contribution in [0.5, 0.6) is 0 Å². The Labute approximate surface area is 194 Å². The molecule has 2 aromatic carbocycles. The molecule has 4 aromatic rings. The minimum absolute atomic E-state index is 0.111.